The van der Waals surface area contributed by atoms with Crippen LogP contribution < -0.4 is 15.5 Å². The molecule has 0 bridgehead atoms. The normalized spacial score (nSPS) is 23.0. The number of hydrogen-bond donors (Lipinski definition) is 2. The molecular formula is C25H29FN4O2. The lowest BCUT2D eigenvalue weighted by molar-refractivity contribution is -0.130. The number of pyridine rings is 1. The number of hydrogen-bond acceptors (Lipinski definition) is 5. The van der Waals surface area contributed by atoms with Crippen LogP contribution in [0.15, 0.2) is 54.4 Å². The third kappa shape index (κ3) is 4.98. The van der Waals surface area contributed by atoms with Crippen molar-refractivity contribution in [2.75, 3.05) is 30.9 Å². The van der Waals surface area contributed by atoms with Crippen molar-refractivity contribution in [2.24, 2.45) is 11.8 Å². The Hall–Kier alpha value is -3.22. The Morgan fingerprint density at radius 3 is 2.66 bits per heavy atom. The van der Waals surface area contributed by atoms with Crippen molar-refractivity contribution >= 4 is 34.1 Å². The fourth-order valence-electron chi connectivity index (χ4n) is 4.45. The highest BCUT2D eigenvalue weighted by Gasteiger charge is 2.27. The summed E-state index contributed by atoms with van der Waals surface area (Å²) >= 11 is 0. The van der Waals surface area contributed by atoms with Gasteiger partial charge in [0, 0.05) is 49.9 Å². The van der Waals surface area contributed by atoms with Crippen molar-refractivity contribution in [1.82, 2.24) is 10.3 Å². The largest absolute Gasteiger partial charge is 0.377 e. The van der Waals surface area contributed by atoms with E-state index < -0.39 is 17.5 Å². The molecule has 6 nitrogen and oxygen atoms in total. The number of carbonyl (C=O) groups excluding carboxylic acids is 2. The first kappa shape index (κ1) is 22.0. The SMILES string of the molecule is CN(C)c1cc(NC2CCC(CNC(=O)C3C=CC(F)=CC3=O)CC2)nc2ccccc12. The van der Waals surface area contributed by atoms with Crippen molar-refractivity contribution in [3.63, 3.8) is 0 Å². The fraction of sp³-hybridized carbons (Fsp3) is 0.400. The average molecular weight is 437 g/mol. The van der Waals surface area contributed by atoms with E-state index in [4.69, 9.17) is 4.98 Å². The molecule has 1 heterocycles. The van der Waals surface area contributed by atoms with Crippen LogP contribution in [0.25, 0.3) is 10.9 Å². The van der Waals surface area contributed by atoms with Crippen molar-refractivity contribution in [3.8, 4) is 0 Å². The highest BCUT2D eigenvalue weighted by atomic mass is 19.1. The second-order valence-electron chi connectivity index (χ2n) is 8.81. The lowest BCUT2D eigenvalue weighted by Gasteiger charge is -2.30. The number of nitrogens with one attached hydrogen (secondary N) is 2. The van der Waals surface area contributed by atoms with Crippen LogP contribution >= 0.6 is 0 Å². The molecule has 1 aromatic carbocycles. The Balaban J connectivity index is 1.29. The topological polar surface area (TPSA) is 74.3 Å². The molecule has 2 N–H and O–H groups in total. The number of carbonyl (C=O) groups is 2. The quantitative estimate of drug-likeness (QED) is 0.670. The van der Waals surface area contributed by atoms with E-state index in [9.17, 15) is 14.0 Å². The molecule has 4 rings (SSSR count). The van der Waals surface area contributed by atoms with Gasteiger partial charge in [0.1, 0.15) is 17.6 Å². The van der Waals surface area contributed by atoms with Gasteiger partial charge in [-0.25, -0.2) is 9.37 Å². The van der Waals surface area contributed by atoms with Gasteiger partial charge in [0.05, 0.1) is 5.52 Å². The molecule has 2 aliphatic rings. The average Bonchev–Trinajstić information content (AvgIpc) is 2.78. The first-order chi connectivity index (χ1) is 15.4. The number of aromatic nitrogens is 1. The molecule has 2 aromatic rings. The van der Waals surface area contributed by atoms with Crippen LogP contribution in [-0.2, 0) is 9.59 Å². The van der Waals surface area contributed by atoms with Crippen LogP contribution in [0.1, 0.15) is 25.7 Å². The zero-order valence-corrected chi connectivity index (χ0v) is 18.5. The minimum atomic E-state index is -0.919. The lowest BCUT2D eigenvalue weighted by Crippen LogP contribution is -2.39. The predicted molar refractivity (Wildman–Crippen MR) is 125 cm³/mol. The zero-order valence-electron chi connectivity index (χ0n) is 18.5. The molecule has 1 atom stereocenters. The third-order valence-corrected chi connectivity index (χ3v) is 6.26. The number of allylic oxidation sites excluding steroid dienone is 3. The van der Waals surface area contributed by atoms with Gasteiger partial charge in [0.2, 0.25) is 5.91 Å². The van der Waals surface area contributed by atoms with Crippen LogP contribution in [0.4, 0.5) is 15.9 Å². The molecule has 0 spiro atoms. The Morgan fingerprint density at radius 2 is 1.94 bits per heavy atom. The van der Waals surface area contributed by atoms with Gasteiger partial charge >= 0.3 is 0 Å². The van der Waals surface area contributed by atoms with E-state index in [0.717, 1.165) is 54.2 Å². The molecule has 1 fully saturated rings. The second-order valence-corrected chi connectivity index (χ2v) is 8.81. The molecule has 0 saturated heterocycles. The van der Waals surface area contributed by atoms with Crippen LogP contribution in [0.2, 0.25) is 0 Å². The standard InChI is InChI=1S/C25H29FN4O2/c1-30(2)22-14-24(29-21-6-4-3-5-19(21)22)28-18-10-7-16(8-11-18)15-27-25(32)20-12-9-17(26)13-23(20)31/h3-6,9,12-14,16,18,20H,7-8,10-11,15H2,1-2H3,(H,27,32)(H,28,29). The Labute approximate surface area is 187 Å². The van der Waals surface area contributed by atoms with E-state index in [-0.39, 0.29) is 5.91 Å². The number of nitrogens with zero attached hydrogens (tertiary/aromatic N) is 2. The smallest absolute Gasteiger partial charge is 0.234 e. The fourth-order valence-corrected chi connectivity index (χ4v) is 4.45. The zero-order chi connectivity index (χ0) is 22.7. The van der Waals surface area contributed by atoms with Gasteiger partial charge in [-0.1, -0.05) is 24.3 Å². The molecule has 1 amide bonds. The Kier molecular flexibility index (Phi) is 6.53. The number of anilines is 2. The molecule has 1 saturated carbocycles. The van der Waals surface area contributed by atoms with Gasteiger partial charge in [0.25, 0.3) is 0 Å². The van der Waals surface area contributed by atoms with E-state index in [0.29, 0.717) is 18.5 Å². The third-order valence-electron chi connectivity index (χ3n) is 6.26. The number of halogens is 1. The summed E-state index contributed by atoms with van der Waals surface area (Å²) in [6.45, 7) is 0.536. The number of amides is 1. The maximum Gasteiger partial charge on any atom is 0.234 e. The van der Waals surface area contributed by atoms with Crippen LogP contribution in [0, 0.1) is 11.8 Å². The summed E-state index contributed by atoms with van der Waals surface area (Å²) in [7, 11) is 4.07. The van der Waals surface area contributed by atoms with Crippen molar-refractivity contribution in [2.45, 2.75) is 31.7 Å². The number of para-hydroxylation sites is 1. The molecule has 0 aliphatic heterocycles. The molecule has 1 aromatic heterocycles. The summed E-state index contributed by atoms with van der Waals surface area (Å²) in [5, 5.41) is 7.60. The molecule has 0 radical (unpaired) electrons. The first-order valence-electron chi connectivity index (χ1n) is 11.1. The highest BCUT2D eigenvalue weighted by Crippen LogP contribution is 2.30. The van der Waals surface area contributed by atoms with E-state index in [1.807, 2.05) is 32.3 Å². The molecule has 1 unspecified atom stereocenters. The van der Waals surface area contributed by atoms with E-state index in [1.54, 1.807) is 0 Å². The van der Waals surface area contributed by atoms with E-state index >= 15 is 0 Å². The number of benzene rings is 1. The highest BCUT2D eigenvalue weighted by molar-refractivity contribution is 6.09. The maximum atomic E-state index is 13.1. The second kappa shape index (κ2) is 9.51. The summed E-state index contributed by atoms with van der Waals surface area (Å²) in [5.41, 5.74) is 2.11. The van der Waals surface area contributed by atoms with Crippen LogP contribution in [0.5, 0.6) is 0 Å². The Bertz CT molecular complexity index is 1070. The number of rotatable bonds is 6. The molecule has 7 heteroatoms. The van der Waals surface area contributed by atoms with Crippen LogP contribution in [-0.4, -0.2) is 43.4 Å². The van der Waals surface area contributed by atoms with Gasteiger partial charge in [0.15, 0.2) is 5.78 Å². The molecule has 32 heavy (non-hydrogen) atoms. The van der Waals surface area contributed by atoms with Gasteiger partial charge in [-0.15, -0.1) is 0 Å². The minimum absolute atomic E-state index is 0.335. The molecule has 2 aliphatic carbocycles. The maximum absolute atomic E-state index is 13.1. The monoisotopic (exact) mass is 436 g/mol. The summed E-state index contributed by atoms with van der Waals surface area (Å²) in [6.07, 6.45) is 7.32. The number of fused-ring (bicyclic) bond motifs is 1. The molecule has 168 valence electrons. The van der Waals surface area contributed by atoms with Crippen LogP contribution in [0.3, 0.4) is 0 Å². The van der Waals surface area contributed by atoms with Gasteiger partial charge in [-0.2, -0.15) is 0 Å². The molecular weight excluding hydrogens is 407 g/mol. The summed E-state index contributed by atoms with van der Waals surface area (Å²) < 4.78 is 13.1. The summed E-state index contributed by atoms with van der Waals surface area (Å²) in [4.78, 5) is 31.0. The van der Waals surface area contributed by atoms with E-state index in [2.05, 4.69) is 27.7 Å². The first-order valence-corrected chi connectivity index (χ1v) is 11.1. The van der Waals surface area contributed by atoms with Crippen molar-refractivity contribution in [1.29, 1.82) is 0 Å². The predicted octanol–water partition coefficient (Wildman–Crippen LogP) is 4.00. The lowest BCUT2D eigenvalue weighted by atomic mass is 9.85. The van der Waals surface area contributed by atoms with Crippen molar-refractivity contribution in [3.05, 3.63) is 54.4 Å². The van der Waals surface area contributed by atoms with Gasteiger partial charge in [-0.3, -0.25) is 9.59 Å². The summed E-state index contributed by atoms with van der Waals surface area (Å²) in [6, 6.07) is 10.6. The minimum Gasteiger partial charge on any atom is -0.377 e. The van der Waals surface area contributed by atoms with E-state index in [1.165, 1.54) is 12.2 Å². The van der Waals surface area contributed by atoms with Crippen molar-refractivity contribution < 1.29 is 14.0 Å². The Morgan fingerprint density at radius 1 is 1.19 bits per heavy atom. The number of ketones is 1. The van der Waals surface area contributed by atoms with Gasteiger partial charge < -0.3 is 15.5 Å². The van der Waals surface area contributed by atoms with Gasteiger partial charge in [-0.05, 0) is 43.7 Å². The summed E-state index contributed by atoms with van der Waals surface area (Å²) in [5.74, 6) is -1.14.